The van der Waals surface area contributed by atoms with Crippen LogP contribution in [0.5, 0.6) is 0 Å². The van der Waals surface area contributed by atoms with Gasteiger partial charge in [-0.15, -0.1) is 11.3 Å². The van der Waals surface area contributed by atoms with E-state index in [0.29, 0.717) is 12.3 Å². The molecule has 0 amide bonds. The summed E-state index contributed by atoms with van der Waals surface area (Å²) in [6, 6.07) is 1.52. The van der Waals surface area contributed by atoms with E-state index in [0.717, 1.165) is 16.4 Å². The molecule has 0 atom stereocenters. The van der Waals surface area contributed by atoms with Gasteiger partial charge in [0.25, 0.3) is 0 Å². The molecular weight excluding hydrogens is 378 g/mol. The van der Waals surface area contributed by atoms with Crippen LogP contribution in [0.2, 0.25) is 0 Å². The lowest BCUT2D eigenvalue weighted by Gasteiger charge is -2.02. The fraction of sp³-hybridized carbons (Fsp3) is 0.417. The molecule has 2 heterocycles. The van der Waals surface area contributed by atoms with Crippen LogP contribution in [0.4, 0.5) is 0 Å². The average molecular weight is 394 g/mol. The maximum absolute atomic E-state index is 12.3. The van der Waals surface area contributed by atoms with Crippen LogP contribution in [0.15, 0.2) is 26.2 Å². The monoisotopic (exact) mass is 393 g/mol. The van der Waals surface area contributed by atoms with E-state index in [1.807, 2.05) is 13.8 Å². The third-order valence-electron chi connectivity index (χ3n) is 2.65. The van der Waals surface area contributed by atoms with Gasteiger partial charge in [-0.3, -0.25) is 0 Å². The Labute approximate surface area is 136 Å². The van der Waals surface area contributed by atoms with E-state index < -0.39 is 10.0 Å². The first kappa shape index (κ1) is 16.6. The summed E-state index contributed by atoms with van der Waals surface area (Å²) in [5, 5.41) is 3.99. The summed E-state index contributed by atoms with van der Waals surface area (Å²) in [7, 11) is -3.62. The lowest BCUT2D eigenvalue weighted by Crippen LogP contribution is -2.22. The van der Waals surface area contributed by atoms with Gasteiger partial charge in [0.1, 0.15) is 10.7 Å². The standard InChI is InChI=1S/C12H16BrN3O3S2/c1-3-14-5-9-4-11(12(13)19-9)21(17,18)16-7-10-6-15-8(2)20-10/h4,6,14,16H,3,5,7H2,1-2H3. The molecule has 2 aromatic rings. The van der Waals surface area contributed by atoms with Crippen LogP contribution < -0.4 is 10.0 Å². The van der Waals surface area contributed by atoms with Gasteiger partial charge in [0.05, 0.1) is 11.6 Å². The quantitative estimate of drug-likeness (QED) is 0.754. The first-order valence-electron chi connectivity index (χ1n) is 6.32. The molecule has 116 valence electrons. The van der Waals surface area contributed by atoms with Gasteiger partial charge < -0.3 is 9.73 Å². The Morgan fingerprint density at radius 2 is 2.19 bits per heavy atom. The van der Waals surface area contributed by atoms with Crippen molar-refractivity contribution >= 4 is 37.3 Å². The van der Waals surface area contributed by atoms with Crippen LogP contribution in [0.3, 0.4) is 0 Å². The van der Waals surface area contributed by atoms with Crippen molar-refractivity contribution in [3.63, 3.8) is 0 Å². The van der Waals surface area contributed by atoms with Gasteiger partial charge >= 0.3 is 0 Å². The third kappa shape index (κ3) is 4.36. The fourth-order valence-corrected chi connectivity index (χ4v) is 4.48. The van der Waals surface area contributed by atoms with Crippen molar-refractivity contribution < 1.29 is 12.8 Å². The minimum atomic E-state index is -3.62. The molecule has 2 aromatic heterocycles. The number of nitrogens with zero attached hydrogens (tertiary/aromatic N) is 1. The van der Waals surface area contributed by atoms with Crippen LogP contribution in [-0.4, -0.2) is 19.9 Å². The topological polar surface area (TPSA) is 84.2 Å². The van der Waals surface area contributed by atoms with Gasteiger partial charge in [-0.2, -0.15) is 0 Å². The predicted octanol–water partition coefficient (Wildman–Crippen LogP) is 2.40. The van der Waals surface area contributed by atoms with Gasteiger partial charge in [0.15, 0.2) is 4.67 Å². The second kappa shape index (κ2) is 7.01. The van der Waals surface area contributed by atoms with E-state index in [-0.39, 0.29) is 16.1 Å². The summed E-state index contributed by atoms with van der Waals surface area (Å²) in [5.41, 5.74) is 0. The highest BCUT2D eigenvalue weighted by Crippen LogP contribution is 2.26. The largest absolute Gasteiger partial charge is 0.452 e. The zero-order valence-corrected chi connectivity index (χ0v) is 14.9. The van der Waals surface area contributed by atoms with Crippen LogP contribution in [0.1, 0.15) is 22.6 Å². The highest BCUT2D eigenvalue weighted by atomic mass is 79.9. The second-order valence-corrected chi connectivity index (χ2v) is 8.08. The minimum Gasteiger partial charge on any atom is -0.452 e. The van der Waals surface area contributed by atoms with Crippen molar-refractivity contribution in [2.24, 2.45) is 0 Å². The molecule has 2 rings (SSSR count). The number of sulfonamides is 1. The number of furan rings is 1. The van der Waals surface area contributed by atoms with Crippen LogP contribution in [0, 0.1) is 6.92 Å². The average Bonchev–Trinajstić information content (AvgIpc) is 3.00. The number of aromatic nitrogens is 1. The molecule has 0 aromatic carbocycles. The summed E-state index contributed by atoms with van der Waals surface area (Å²) < 4.78 is 32.7. The molecule has 0 aliphatic rings. The number of hydrogen-bond donors (Lipinski definition) is 2. The van der Waals surface area contributed by atoms with Gasteiger partial charge in [-0.25, -0.2) is 18.1 Å². The first-order valence-corrected chi connectivity index (χ1v) is 9.41. The molecule has 0 bridgehead atoms. The molecule has 6 nitrogen and oxygen atoms in total. The summed E-state index contributed by atoms with van der Waals surface area (Å²) in [6.45, 7) is 5.33. The zero-order chi connectivity index (χ0) is 15.5. The van der Waals surface area contributed by atoms with Gasteiger partial charge in [0, 0.05) is 23.7 Å². The summed E-state index contributed by atoms with van der Waals surface area (Å²) >= 11 is 4.61. The molecular formula is C12H16BrN3O3S2. The van der Waals surface area contributed by atoms with Crippen molar-refractivity contribution in [1.29, 1.82) is 0 Å². The molecule has 0 unspecified atom stereocenters. The number of hydrogen-bond acceptors (Lipinski definition) is 6. The Morgan fingerprint density at radius 1 is 1.43 bits per heavy atom. The lowest BCUT2D eigenvalue weighted by molar-refractivity contribution is 0.464. The van der Waals surface area contributed by atoms with Crippen LogP contribution in [-0.2, 0) is 23.1 Å². The maximum Gasteiger partial charge on any atom is 0.245 e. The first-order chi connectivity index (χ1) is 9.92. The molecule has 0 spiro atoms. The summed E-state index contributed by atoms with van der Waals surface area (Å²) in [4.78, 5) is 5.07. The van der Waals surface area contributed by atoms with Gasteiger partial charge in [0.2, 0.25) is 10.0 Å². The third-order valence-corrected chi connectivity index (χ3v) is 5.82. The molecule has 0 saturated heterocycles. The van der Waals surface area contributed by atoms with Crippen LogP contribution in [0.25, 0.3) is 0 Å². The highest BCUT2D eigenvalue weighted by molar-refractivity contribution is 9.10. The Bertz CT molecular complexity index is 709. The van der Waals surface area contributed by atoms with E-state index in [2.05, 4.69) is 31.0 Å². The minimum absolute atomic E-state index is 0.108. The Kier molecular flexibility index (Phi) is 5.55. The summed E-state index contributed by atoms with van der Waals surface area (Å²) in [5.74, 6) is 0.567. The zero-order valence-electron chi connectivity index (χ0n) is 11.6. The number of rotatable bonds is 7. The van der Waals surface area contributed by atoms with Crippen LogP contribution >= 0.6 is 27.3 Å². The highest BCUT2D eigenvalue weighted by Gasteiger charge is 2.22. The van der Waals surface area contributed by atoms with Gasteiger partial charge in [-0.1, -0.05) is 6.92 Å². The maximum atomic E-state index is 12.3. The van der Waals surface area contributed by atoms with Crippen molar-refractivity contribution in [3.8, 4) is 0 Å². The Balaban J connectivity index is 2.09. The van der Waals surface area contributed by atoms with E-state index in [1.54, 1.807) is 6.20 Å². The van der Waals surface area contributed by atoms with Crippen molar-refractivity contribution in [2.45, 2.75) is 31.8 Å². The lowest BCUT2D eigenvalue weighted by atomic mass is 10.4. The van der Waals surface area contributed by atoms with Crippen molar-refractivity contribution in [2.75, 3.05) is 6.54 Å². The molecule has 21 heavy (non-hydrogen) atoms. The number of thiazole rings is 1. The molecule has 0 radical (unpaired) electrons. The van der Waals surface area contributed by atoms with Crippen molar-refractivity contribution in [1.82, 2.24) is 15.0 Å². The molecule has 2 N–H and O–H groups in total. The molecule has 0 aliphatic heterocycles. The molecule has 0 saturated carbocycles. The molecule has 9 heteroatoms. The fourth-order valence-electron chi connectivity index (χ4n) is 1.65. The van der Waals surface area contributed by atoms with E-state index in [9.17, 15) is 8.42 Å². The second-order valence-electron chi connectivity index (χ2n) is 4.30. The van der Waals surface area contributed by atoms with Gasteiger partial charge in [-0.05, 0) is 29.4 Å². The smallest absolute Gasteiger partial charge is 0.245 e. The van der Waals surface area contributed by atoms with Crippen molar-refractivity contribution in [3.05, 3.63) is 32.6 Å². The molecule has 0 aliphatic carbocycles. The normalized spacial score (nSPS) is 12.0. The number of halogens is 1. The summed E-state index contributed by atoms with van der Waals surface area (Å²) in [6.07, 6.45) is 1.67. The number of nitrogens with one attached hydrogen (secondary N) is 2. The Morgan fingerprint density at radius 3 is 2.81 bits per heavy atom. The van der Waals surface area contributed by atoms with E-state index >= 15 is 0 Å². The SMILES string of the molecule is CCNCc1cc(S(=O)(=O)NCc2cnc(C)s2)c(Br)o1. The molecule has 0 fully saturated rings. The Hall–Kier alpha value is -0.740. The van der Waals surface area contributed by atoms with E-state index in [4.69, 9.17) is 4.42 Å². The number of aryl methyl sites for hydroxylation is 1. The predicted molar refractivity (Wildman–Crippen MR) is 84.7 cm³/mol. The van der Waals surface area contributed by atoms with E-state index in [1.165, 1.54) is 17.4 Å².